The molecule has 3 aromatic carbocycles. The van der Waals surface area contributed by atoms with Crippen LogP contribution in [0.2, 0.25) is 0 Å². The Balaban J connectivity index is 1.61. The Morgan fingerprint density at radius 1 is 1.03 bits per heavy atom. The fraction of sp³-hybridized carbons (Fsp3) is 0.160. The van der Waals surface area contributed by atoms with Crippen molar-refractivity contribution in [2.45, 2.75) is 26.0 Å². The number of carbonyl (C=O) groups is 1. The molecule has 0 saturated carbocycles. The second-order valence-electron chi connectivity index (χ2n) is 7.35. The smallest absolute Gasteiger partial charge is 0.307 e. The maximum absolute atomic E-state index is 11.1. The van der Waals surface area contributed by atoms with Gasteiger partial charge in [-0.25, -0.2) is 0 Å². The summed E-state index contributed by atoms with van der Waals surface area (Å²) in [7, 11) is 0. The standard InChI is InChI=1S/C25H23NO4/c1-16(26)17-6-4-7-18(11-17)19-9-10-24-22(12-19)21(15-30-24)14-29-23-8-3-2-5-20(23)13-25(27)28/h2-12,15-16H,13-14,26H2,1H3,(H,27,28)/t16-/m0/s1. The zero-order valence-electron chi connectivity index (χ0n) is 16.7. The molecule has 0 radical (unpaired) electrons. The Morgan fingerprint density at radius 3 is 2.63 bits per heavy atom. The summed E-state index contributed by atoms with van der Waals surface area (Å²) in [5.74, 6) is -0.325. The van der Waals surface area contributed by atoms with Crippen molar-refractivity contribution in [3.63, 3.8) is 0 Å². The largest absolute Gasteiger partial charge is 0.488 e. The number of furan rings is 1. The molecule has 0 aliphatic carbocycles. The molecule has 0 unspecified atom stereocenters. The predicted octanol–water partition coefficient (Wildman–Crippen LogP) is 5.33. The minimum Gasteiger partial charge on any atom is -0.488 e. The average Bonchev–Trinajstić information content (AvgIpc) is 3.15. The zero-order valence-corrected chi connectivity index (χ0v) is 16.7. The van der Waals surface area contributed by atoms with E-state index in [9.17, 15) is 4.79 Å². The average molecular weight is 401 g/mol. The van der Waals surface area contributed by atoms with Gasteiger partial charge in [-0.2, -0.15) is 0 Å². The normalized spacial score (nSPS) is 12.1. The van der Waals surface area contributed by atoms with E-state index in [1.165, 1.54) is 0 Å². The Labute approximate surface area is 174 Å². The van der Waals surface area contributed by atoms with Crippen molar-refractivity contribution in [1.29, 1.82) is 0 Å². The van der Waals surface area contributed by atoms with Crippen LogP contribution in [0.5, 0.6) is 5.75 Å². The molecule has 4 aromatic rings. The molecule has 0 spiro atoms. The molecule has 1 heterocycles. The van der Waals surface area contributed by atoms with Crippen molar-refractivity contribution in [2.24, 2.45) is 5.73 Å². The third kappa shape index (κ3) is 4.21. The van der Waals surface area contributed by atoms with E-state index in [1.54, 1.807) is 24.5 Å². The van der Waals surface area contributed by atoms with Gasteiger partial charge >= 0.3 is 5.97 Å². The highest BCUT2D eigenvalue weighted by atomic mass is 16.5. The highest BCUT2D eigenvalue weighted by Gasteiger charge is 2.12. The van der Waals surface area contributed by atoms with Gasteiger partial charge in [0.25, 0.3) is 0 Å². The van der Waals surface area contributed by atoms with E-state index in [-0.39, 0.29) is 19.1 Å². The Bertz CT molecular complexity index is 1190. The summed E-state index contributed by atoms with van der Waals surface area (Å²) in [6.07, 6.45) is 1.61. The molecule has 152 valence electrons. The van der Waals surface area contributed by atoms with Crippen LogP contribution in [0, 0.1) is 0 Å². The number of nitrogens with two attached hydrogens (primary N) is 1. The van der Waals surface area contributed by atoms with Gasteiger partial charge in [0, 0.05) is 22.6 Å². The van der Waals surface area contributed by atoms with E-state index < -0.39 is 5.97 Å². The van der Waals surface area contributed by atoms with Gasteiger partial charge in [0.05, 0.1) is 12.7 Å². The van der Waals surface area contributed by atoms with E-state index >= 15 is 0 Å². The monoisotopic (exact) mass is 401 g/mol. The lowest BCUT2D eigenvalue weighted by Gasteiger charge is -2.10. The maximum Gasteiger partial charge on any atom is 0.307 e. The lowest BCUT2D eigenvalue weighted by atomic mass is 9.99. The van der Waals surface area contributed by atoms with Crippen LogP contribution < -0.4 is 10.5 Å². The van der Waals surface area contributed by atoms with Crippen LogP contribution in [-0.4, -0.2) is 11.1 Å². The second-order valence-corrected chi connectivity index (χ2v) is 7.35. The molecule has 5 heteroatoms. The van der Waals surface area contributed by atoms with Gasteiger partial charge in [-0.3, -0.25) is 4.79 Å². The van der Waals surface area contributed by atoms with Gasteiger partial charge in [-0.15, -0.1) is 0 Å². The number of hydrogen-bond acceptors (Lipinski definition) is 4. The van der Waals surface area contributed by atoms with Crippen LogP contribution in [0.4, 0.5) is 0 Å². The number of carboxylic acids is 1. The van der Waals surface area contributed by atoms with Crippen molar-refractivity contribution in [3.8, 4) is 16.9 Å². The van der Waals surface area contributed by atoms with E-state index in [4.69, 9.17) is 20.0 Å². The van der Waals surface area contributed by atoms with Crippen molar-refractivity contribution in [3.05, 3.63) is 89.7 Å². The molecule has 0 aliphatic rings. The maximum atomic E-state index is 11.1. The summed E-state index contributed by atoms with van der Waals surface area (Å²) in [4.78, 5) is 11.1. The van der Waals surface area contributed by atoms with Gasteiger partial charge in [0.15, 0.2) is 0 Å². The molecule has 0 saturated heterocycles. The van der Waals surface area contributed by atoms with E-state index in [0.29, 0.717) is 11.3 Å². The minimum absolute atomic E-state index is 0.0302. The number of fused-ring (bicyclic) bond motifs is 1. The zero-order chi connectivity index (χ0) is 21.1. The molecule has 0 fully saturated rings. The molecule has 5 nitrogen and oxygen atoms in total. The summed E-state index contributed by atoms with van der Waals surface area (Å²) in [6, 6.07) is 21.4. The fourth-order valence-electron chi connectivity index (χ4n) is 3.48. The lowest BCUT2D eigenvalue weighted by Crippen LogP contribution is -2.04. The van der Waals surface area contributed by atoms with Crippen molar-refractivity contribution in [2.75, 3.05) is 0 Å². The second kappa shape index (κ2) is 8.43. The summed E-state index contributed by atoms with van der Waals surface area (Å²) >= 11 is 0. The Kier molecular flexibility index (Phi) is 5.55. The van der Waals surface area contributed by atoms with Crippen LogP contribution in [-0.2, 0) is 17.8 Å². The van der Waals surface area contributed by atoms with Crippen LogP contribution in [0.1, 0.15) is 29.7 Å². The van der Waals surface area contributed by atoms with Gasteiger partial charge in [0.1, 0.15) is 17.9 Å². The quantitative estimate of drug-likeness (QED) is 0.437. The van der Waals surface area contributed by atoms with Crippen LogP contribution in [0.25, 0.3) is 22.1 Å². The number of hydrogen-bond donors (Lipinski definition) is 2. The Hall–Kier alpha value is -3.57. The van der Waals surface area contributed by atoms with Crippen LogP contribution in [0.15, 0.2) is 77.4 Å². The molecular formula is C25H23NO4. The van der Waals surface area contributed by atoms with E-state index in [1.807, 2.05) is 37.3 Å². The number of para-hydroxylation sites is 1. The summed E-state index contributed by atoms with van der Waals surface area (Å²) in [5, 5.41) is 10.1. The molecule has 1 atom stereocenters. The van der Waals surface area contributed by atoms with E-state index in [0.717, 1.165) is 33.2 Å². The first-order valence-corrected chi connectivity index (χ1v) is 9.80. The summed E-state index contributed by atoms with van der Waals surface area (Å²) < 4.78 is 11.6. The van der Waals surface area contributed by atoms with Gasteiger partial charge in [-0.1, -0.05) is 42.5 Å². The highest BCUT2D eigenvalue weighted by molar-refractivity contribution is 5.86. The number of aliphatic carboxylic acids is 1. The summed E-state index contributed by atoms with van der Waals surface area (Å²) in [6.45, 7) is 2.25. The minimum atomic E-state index is -0.890. The third-order valence-electron chi connectivity index (χ3n) is 5.10. The molecule has 4 rings (SSSR count). The lowest BCUT2D eigenvalue weighted by molar-refractivity contribution is -0.136. The first-order chi connectivity index (χ1) is 14.5. The van der Waals surface area contributed by atoms with Gasteiger partial charge in [0.2, 0.25) is 0 Å². The molecular weight excluding hydrogens is 378 g/mol. The Morgan fingerprint density at radius 2 is 1.83 bits per heavy atom. The molecule has 3 N–H and O–H groups in total. The summed E-state index contributed by atoms with van der Waals surface area (Å²) in [5.41, 5.74) is 11.6. The molecule has 0 bridgehead atoms. The van der Waals surface area contributed by atoms with Gasteiger partial charge in [-0.05, 0) is 47.9 Å². The van der Waals surface area contributed by atoms with E-state index in [2.05, 4.69) is 18.2 Å². The van der Waals surface area contributed by atoms with Gasteiger partial charge < -0.3 is 20.0 Å². The molecule has 1 aromatic heterocycles. The number of ether oxygens (including phenoxy) is 1. The SMILES string of the molecule is C[C@H](N)c1cccc(-c2ccc3occ(COc4ccccc4CC(=O)O)c3c2)c1. The predicted molar refractivity (Wildman–Crippen MR) is 116 cm³/mol. The number of carboxylic acid groups (broad SMARTS) is 1. The molecule has 0 amide bonds. The first-order valence-electron chi connectivity index (χ1n) is 9.80. The fourth-order valence-corrected chi connectivity index (χ4v) is 3.48. The molecule has 0 aliphatic heterocycles. The first kappa shape index (κ1) is 19.7. The topological polar surface area (TPSA) is 85.7 Å². The third-order valence-corrected chi connectivity index (χ3v) is 5.10. The van der Waals surface area contributed by atoms with Crippen molar-refractivity contribution < 1.29 is 19.1 Å². The van der Waals surface area contributed by atoms with Crippen LogP contribution in [0.3, 0.4) is 0 Å². The van der Waals surface area contributed by atoms with Crippen molar-refractivity contribution in [1.82, 2.24) is 0 Å². The van der Waals surface area contributed by atoms with Crippen molar-refractivity contribution >= 4 is 16.9 Å². The number of benzene rings is 3. The molecule has 30 heavy (non-hydrogen) atoms. The van der Waals surface area contributed by atoms with Crippen LogP contribution >= 0.6 is 0 Å². The number of rotatable bonds is 7. The highest BCUT2D eigenvalue weighted by Crippen LogP contribution is 2.30.